The van der Waals surface area contributed by atoms with E-state index in [9.17, 15) is 0 Å². The lowest BCUT2D eigenvalue weighted by Crippen LogP contribution is -2.28. The summed E-state index contributed by atoms with van der Waals surface area (Å²) in [5, 5.41) is 5.81. The number of benzene rings is 9. The summed E-state index contributed by atoms with van der Waals surface area (Å²) in [5.41, 5.74) is 14.7. The van der Waals surface area contributed by atoms with Crippen LogP contribution in [0, 0.1) is 0 Å². The fourth-order valence-electron chi connectivity index (χ4n) is 10.5. The smallest absolute Gasteiger partial charge is 0.159 e. The van der Waals surface area contributed by atoms with E-state index >= 15 is 0 Å². The molecule has 12 aromatic rings. The number of rotatable bonds is 8. The molecule has 0 amide bonds. The third-order valence-electron chi connectivity index (χ3n) is 13.4. The first kappa shape index (κ1) is 38.1. The Morgan fingerprint density at radius 2 is 1.08 bits per heavy atom. The van der Waals surface area contributed by atoms with Crippen LogP contribution in [0.3, 0.4) is 0 Å². The highest BCUT2D eigenvalue weighted by Gasteiger charge is 2.46. The maximum absolute atomic E-state index is 5.08. The van der Waals surface area contributed by atoms with Crippen molar-refractivity contribution in [2.24, 2.45) is 0 Å². The SMILES string of the molecule is c1ccc(-c2ccc(N(c3cnc(-c4ccc5c(c4)c4ccccc4n5-c4ccc5c(c4)C(c4ccccc4)(c4ccccc4)c4ccccc4-5)nc3)c3ccc4ccccc4c3)s2)cc1. The predicted octanol–water partition coefficient (Wildman–Crippen LogP) is 16.0. The van der Waals surface area contributed by atoms with Crippen LogP contribution in [0.4, 0.5) is 16.4 Å². The summed E-state index contributed by atoms with van der Waals surface area (Å²) in [6.07, 6.45) is 3.92. The van der Waals surface area contributed by atoms with Crippen molar-refractivity contribution in [1.29, 1.82) is 0 Å². The number of hydrogen-bond donors (Lipinski definition) is 0. The molecule has 1 aliphatic carbocycles. The van der Waals surface area contributed by atoms with Gasteiger partial charge in [-0.05, 0) is 110 Å². The second-order valence-electron chi connectivity index (χ2n) is 17.0. The van der Waals surface area contributed by atoms with Gasteiger partial charge >= 0.3 is 0 Å². The van der Waals surface area contributed by atoms with Crippen molar-refractivity contribution in [1.82, 2.24) is 14.5 Å². The lowest BCUT2D eigenvalue weighted by atomic mass is 9.67. The molecule has 0 bridgehead atoms. The molecule has 0 saturated heterocycles. The van der Waals surface area contributed by atoms with Gasteiger partial charge in [-0.3, -0.25) is 4.90 Å². The van der Waals surface area contributed by atoms with E-state index in [4.69, 9.17) is 9.97 Å². The number of nitrogens with zero attached hydrogens (tertiary/aromatic N) is 4. The molecule has 13 rings (SSSR count). The summed E-state index contributed by atoms with van der Waals surface area (Å²) in [4.78, 5) is 13.6. The Morgan fingerprint density at radius 3 is 1.86 bits per heavy atom. The standard InChI is InChI=1S/C61H40N4S/c1-4-17-42(18-5-1)58-34-35-59(66-58)64(47-30-28-41-16-10-11-19-43(41)36-47)49-39-62-60(63-40-49)44-29-33-57-53(37-44)52-25-13-15-27-56(52)65(57)48-31-32-51-50-24-12-14-26-54(50)61(55(51)38-48,45-20-6-2-7-21-45)46-22-8-3-9-23-46/h1-40H. The van der Waals surface area contributed by atoms with Gasteiger partial charge in [0, 0.05) is 32.6 Å². The van der Waals surface area contributed by atoms with Crippen molar-refractivity contribution >= 4 is 60.3 Å². The van der Waals surface area contributed by atoms with Crippen molar-refractivity contribution < 1.29 is 0 Å². The molecule has 5 heteroatoms. The number of fused-ring (bicyclic) bond motifs is 7. The minimum Gasteiger partial charge on any atom is -0.309 e. The molecule has 66 heavy (non-hydrogen) atoms. The topological polar surface area (TPSA) is 34.0 Å². The molecule has 0 N–H and O–H groups in total. The largest absolute Gasteiger partial charge is 0.309 e. The summed E-state index contributed by atoms with van der Waals surface area (Å²) >= 11 is 1.76. The van der Waals surface area contributed by atoms with E-state index in [1.165, 1.54) is 60.0 Å². The average molecular weight is 861 g/mol. The van der Waals surface area contributed by atoms with Crippen LogP contribution in [0.5, 0.6) is 0 Å². The van der Waals surface area contributed by atoms with Crippen LogP contribution in [0.15, 0.2) is 243 Å². The first-order valence-corrected chi connectivity index (χ1v) is 23.2. The summed E-state index contributed by atoms with van der Waals surface area (Å²) in [6.45, 7) is 0. The summed E-state index contributed by atoms with van der Waals surface area (Å²) in [6, 6.07) is 83.5. The molecule has 0 atom stereocenters. The van der Waals surface area contributed by atoms with E-state index in [2.05, 4.69) is 240 Å². The van der Waals surface area contributed by atoms with Crippen molar-refractivity contribution in [3.63, 3.8) is 0 Å². The molecule has 0 saturated carbocycles. The normalized spacial score (nSPS) is 12.7. The number of para-hydroxylation sites is 1. The molecule has 3 heterocycles. The maximum atomic E-state index is 5.08. The first-order chi connectivity index (χ1) is 32.7. The van der Waals surface area contributed by atoms with E-state index < -0.39 is 5.41 Å². The van der Waals surface area contributed by atoms with Crippen LogP contribution in [-0.4, -0.2) is 14.5 Å². The number of hydrogen-bond acceptors (Lipinski definition) is 4. The number of aromatic nitrogens is 3. The summed E-state index contributed by atoms with van der Waals surface area (Å²) in [7, 11) is 0. The molecular formula is C61H40N4S. The third kappa shape index (κ3) is 5.98. The fourth-order valence-corrected chi connectivity index (χ4v) is 11.5. The van der Waals surface area contributed by atoms with Crippen LogP contribution in [0.25, 0.3) is 71.2 Å². The molecule has 0 fully saturated rings. The third-order valence-corrected chi connectivity index (χ3v) is 14.5. The fraction of sp³-hybridized carbons (Fsp3) is 0.0164. The highest BCUT2D eigenvalue weighted by atomic mass is 32.1. The van der Waals surface area contributed by atoms with Crippen molar-refractivity contribution in [2.75, 3.05) is 4.90 Å². The Bertz CT molecular complexity index is 3720. The molecule has 9 aromatic carbocycles. The quantitative estimate of drug-likeness (QED) is 0.153. The van der Waals surface area contributed by atoms with Gasteiger partial charge in [-0.25, -0.2) is 9.97 Å². The minimum absolute atomic E-state index is 0.489. The Balaban J connectivity index is 0.925. The molecule has 0 radical (unpaired) electrons. The molecule has 3 aromatic heterocycles. The van der Waals surface area contributed by atoms with Crippen molar-refractivity contribution in [3.8, 4) is 38.6 Å². The number of thiophene rings is 1. The molecule has 1 aliphatic rings. The van der Waals surface area contributed by atoms with E-state index in [1.54, 1.807) is 11.3 Å². The van der Waals surface area contributed by atoms with Gasteiger partial charge in [0.05, 0.1) is 34.5 Å². The van der Waals surface area contributed by atoms with Gasteiger partial charge in [0.1, 0.15) is 5.00 Å². The molecule has 0 aliphatic heterocycles. The Kier molecular flexibility index (Phi) is 8.90. The molecule has 0 unspecified atom stereocenters. The van der Waals surface area contributed by atoms with Crippen LogP contribution >= 0.6 is 11.3 Å². The highest BCUT2D eigenvalue weighted by Crippen LogP contribution is 2.56. The second kappa shape index (κ2) is 15.4. The van der Waals surface area contributed by atoms with Gasteiger partial charge < -0.3 is 4.57 Å². The van der Waals surface area contributed by atoms with Crippen molar-refractivity contribution in [2.45, 2.75) is 5.41 Å². The van der Waals surface area contributed by atoms with Gasteiger partial charge in [0.25, 0.3) is 0 Å². The molecule has 4 nitrogen and oxygen atoms in total. The summed E-state index contributed by atoms with van der Waals surface area (Å²) < 4.78 is 2.43. The maximum Gasteiger partial charge on any atom is 0.159 e. The number of anilines is 3. The molecular weight excluding hydrogens is 821 g/mol. The molecule has 310 valence electrons. The Morgan fingerprint density at radius 1 is 0.424 bits per heavy atom. The van der Waals surface area contributed by atoms with E-state index in [0.29, 0.717) is 5.82 Å². The van der Waals surface area contributed by atoms with Gasteiger partial charge in [-0.1, -0.05) is 170 Å². The summed E-state index contributed by atoms with van der Waals surface area (Å²) in [5.74, 6) is 0.679. The van der Waals surface area contributed by atoms with Crippen LogP contribution < -0.4 is 4.90 Å². The van der Waals surface area contributed by atoms with Crippen LogP contribution in [-0.2, 0) is 5.41 Å². The first-order valence-electron chi connectivity index (χ1n) is 22.4. The lowest BCUT2D eigenvalue weighted by Gasteiger charge is -2.34. The van der Waals surface area contributed by atoms with Gasteiger partial charge in [-0.2, -0.15) is 0 Å². The van der Waals surface area contributed by atoms with Crippen LogP contribution in [0.2, 0.25) is 0 Å². The Hall–Kier alpha value is -8.38. The zero-order valence-electron chi connectivity index (χ0n) is 35.8. The van der Waals surface area contributed by atoms with Gasteiger partial charge in [0.15, 0.2) is 5.82 Å². The predicted molar refractivity (Wildman–Crippen MR) is 275 cm³/mol. The van der Waals surface area contributed by atoms with Gasteiger partial charge in [-0.15, -0.1) is 11.3 Å². The van der Waals surface area contributed by atoms with Gasteiger partial charge in [0.2, 0.25) is 0 Å². The lowest BCUT2D eigenvalue weighted by molar-refractivity contribution is 0.767. The van der Waals surface area contributed by atoms with Crippen LogP contribution in [0.1, 0.15) is 22.3 Å². The monoisotopic (exact) mass is 860 g/mol. The van der Waals surface area contributed by atoms with E-state index in [-0.39, 0.29) is 0 Å². The Labute approximate surface area is 387 Å². The zero-order chi connectivity index (χ0) is 43.6. The average Bonchev–Trinajstić information content (AvgIpc) is 4.09. The minimum atomic E-state index is -0.489. The highest BCUT2D eigenvalue weighted by molar-refractivity contribution is 7.19. The second-order valence-corrected chi connectivity index (χ2v) is 18.0. The zero-order valence-corrected chi connectivity index (χ0v) is 36.6. The van der Waals surface area contributed by atoms with E-state index in [1.807, 2.05) is 12.4 Å². The molecule has 0 spiro atoms. The van der Waals surface area contributed by atoms with E-state index in [0.717, 1.165) is 44.0 Å². The van der Waals surface area contributed by atoms with Crippen molar-refractivity contribution in [3.05, 3.63) is 265 Å².